The van der Waals surface area contributed by atoms with Gasteiger partial charge in [-0.2, -0.15) is 5.10 Å². The number of fused-ring (bicyclic) bond motifs is 2. The van der Waals surface area contributed by atoms with Crippen molar-refractivity contribution in [2.75, 3.05) is 14.1 Å². The Labute approximate surface area is 150 Å². The third-order valence-electron chi connectivity index (χ3n) is 5.04. The normalized spacial score (nSPS) is 20.8. The van der Waals surface area contributed by atoms with Crippen molar-refractivity contribution < 1.29 is 14.4 Å². The number of urea groups is 1. The molecule has 1 aliphatic carbocycles. The lowest BCUT2D eigenvalue weighted by Crippen LogP contribution is -2.41. The van der Waals surface area contributed by atoms with Gasteiger partial charge in [-0.25, -0.2) is 4.79 Å². The average molecular weight is 353 g/mol. The van der Waals surface area contributed by atoms with Gasteiger partial charge >= 0.3 is 6.03 Å². The topological polar surface area (TPSA) is 96.3 Å². The zero-order valence-electron chi connectivity index (χ0n) is 14.6. The highest BCUT2D eigenvalue weighted by atomic mass is 16.2. The van der Waals surface area contributed by atoms with E-state index in [1.165, 1.54) is 4.90 Å². The number of likely N-dealkylation sites (N-methyl/N-ethyl adjacent to an activating group) is 1. The average Bonchev–Trinajstić information content (AvgIpc) is 3.27. The lowest BCUT2D eigenvalue weighted by Gasteiger charge is -2.21. The van der Waals surface area contributed by atoms with Gasteiger partial charge in [0.1, 0.15) is 12.1 Å². The Hall–Kier alpha value is -3.16. The first kappa shape index (κ1) is 16.3. The molecule has 0 bridgehead atoms. The minimum atomic E-state index is -0.937. The summed E-state index contributed by atoms with van der Waals surface area (Å²) in [7, 11) is 3.42. The first-order valence-corrected chi connectivity index (χ1v) is 8.39. The summed E-state index contributed by atoms with van der Waals surface area (Å²) in [6.07, 6.45) is 4.82. The second-order valence-corrected chi connectivity index (χ2v) is 6.90. The summed E-state index contributed by atoms with van der Waals surface area (Å²) in [6, 6.07) is 5.39. The molecule has 8 nitrogen and oxygen atoms in total. The largest absolute Gasteiger partial charge is 0.347 e. The Balaban J connectivity index is 1.62. The van der Waals surface area contributed by atoms with Crippen LogP contribution in [0.5, 0.6) is 0 Å². The molecule has 8 heteroatoms. The van der Waals surface area contributed by atoms with Gasteiger partial charge in [-0.3, -0.25) is 19.6 Å². The van der Waals surface area contributed by atoms with E-state index in [-0.39, 0.29) is 18.4 Å². The van der Waals surface area contributed by atoms with Crippen molar-refractivity contribution in [3.63, 3.8) is 0 Å². The second kappa shape index (κ2) is 5.69. The molecule has 1 atom stereocenters. The lowest BCUT2D eigenvalue weighted by atomic mass is 9.91. The highest BCUT2D eigenvalue weighted by Crippen LogP contribution is 2.40. The van der Waals surface area contributed by atoms with Gasteiger partial charge in [-0.05, 0) is 29.5 Å². The van der Waals surface area contributed by atoms with Crippen LogP contribution in [-0.2, 0) is 28.1 Å². The SMILES string of the molecule is CN(C)C(=O)Cn1cc(-c2ccc3c(c2)CCC32NC(=O)NC2=O)cn1. The molecule has 26 heavy (non-hydrogen) atoms. The number of benzene rings is 1. The summed E-state index contributed by atoms with van der Waals surface area (Å²) in [5.74, 6) is -0.317. The highest BCUT2D eigenvalue weighted by molar-refractivity contribution is 6.08. The number of hydrogen-bond acceptors (Lipinski definition) is 4. The van der Waals surface area contributed by atoms with Crippen molar-refractivity contribution in [3.8, 4) is 11.1 Å². The van der Waals surface area contributed by atoms with Crippen LogP contribution in [0.2, 0.25) is 0 Å². The van der Waals surface area contributed by atoms with Crippen LogP contribution in [0.4, 0.5) is 4.79 Å². The van der Waals surface area contributed by atoms with E-state index in [9.17, 15) is 14.4 Å². The molecule has 134 valence electrons. The predicted molar refractivity (Wildman–Crippen MR) is 93.0 cm³/mol. The molecule has 2 aromatic rings. The van der Waals surface area contributed by atoms with Crippen LogP contribution in [-0.4, -0.2) is 46.6 Å². The third-order valence-corrected chi connectivity index (χ3v) is 5.04. The van der Waals surface area contributed by atoms with E-state index in [1.807, 2.05) is 24.4 Å². The van der Waals surface area contributed by atoms with E-state index in [0.29, 0.717) is 12.8 Å². The smallest absolute Gasteiger partial charge is 0.322 e. The molecule has 1 aromatic heterocycles. The van der Waals surface area contributed by atoms with E-state index >= 15 is 0 Å². The number of nitrogens with one attached hydrogen (secondary N) is 2. The van der Waals surface area contributed by atoms with Crippen LogP contribution in [0.3, 0.4) is 0 Å². The minimum Gasteiger partial charge on any atom is -0.347 e. The zero-order chi connectivity index (χ0) is 18.5. The first-order chi connectivity index (χ1) is 12.4. The summed E-state index contributed by atoms with van der Waals surface area (Å²) in [6.45, 7) is 0.188. The molecule has 4 rings (SSSR count). The maximum absolute atomic E-state index is 12.2. The van der Waals surface area contributed by atoms with E-state index < -0.39 is 11.6 Å². The summed E-state index contributed by atoms with van der Waals surface area (Å²) < 4.78 is 1.61. The van der Waals surface area contributed by atoms with Crippen LogP contribution in [0.25, 0.3) is 11.1 Å². The fourth-order valence-corrected chi connectivity index (χ4v) is 3.59. The van der Waals surface area contributed by atoms with Crippen molar-refractivity contribution >= 4 is 17.8 Å². The minimum absolute atomic E-state index is 0.0291. The Morgan fingerprint density at radius 1 is 1.31 bits per heavy atom. The summed E-state index contributed by atoms with van der Waals surface area (Å²) in [5.41, 5.74) is 2.82. The molecular weight excluding hydrogens is 334 g/mol. The molecule has 1 fully saturated rings. The Morgan fingerprint density at radius 2 is 2.12 bits per heavy atom. The molecule has 4 amide bonds. The number of rotatable bonds is 3. The molecule has 1 saturated heterocycles. The molecular formula is C18H19N5O3. The lowest BCUT2D eigenvalue weighted by molar-refractivity contribution is -0.129. The number of amides is 4. The molecule has 0 radical (unpaired) electrons. The van der Waals surface area contributed by atoms with Crippen LogP contribution < -0.4 is 10.6 Å². The number of nitrogens with zero attached hydrogens (tertiary/aromatic N) is 3. The molecule has 2 aliphatic rings. The van der Waals surface area contributed by atoms with Crippen LogP contribution in [0.1, 0.15) is 17.5 Å². The van der Waals surface area contributed by atoms with Crippen molar-refractivity contribution in [2.45, 2.75) is 24.9 Å². The summed E-state index contributed by atoms with van der Waals surface area (Å²) in [4.78, 5) is 37.1. The number of carbonyl (C=O) groups excluding carboxylic acids is 3. The van der Waals surface area contributed by atoms with E-state index in [2.05, 4.69) is 15.7 Å². The highest BCUT2D eigenvalue weighted by Gasteiger charge is 2.51. The number of imide groups is 1. The van der Waals surface area contributed by atoms with Crippen molar-refractivity contribution in [1.29, 1.82) is 0 Å². The Morgan fingerprint density at radius 3 is 2.81 bits per heavy atom. The Bertz CT molecular complexity index is 933. The van der Waals surface area contributed by atoms with Crippen LogP contribution in [0, 0.1) is 0 Å². The van der Waals surface area contributed by atoms with Gasteiger partial charge in [0, 0.05) is 25.9 Å². The second-order valence-electron chi connectivity index (χ2n) is 6.90. The van der Waals surface area contributed by atoms with Crippen LogP contribution >= 0.6 is 0 Å². The van der Waals surface area contributed by atoms with Gasteiger partial charge in [-0.1, -0.05) is 18.2 Å². The summed E-state index contributed by atoms with van der Waals surface area (Å²) >= 11 is 0. The van der Waals surface area contributed by atoms with Crippen LogP contribution in [0.15, 0.2) is 30.6 Å². The van der Waals surface area contributed by atoms with Crippen molar-refractivity contribution in [3.05, 3.63) is 41.7 Å². The maximum Gasteiger partial charge on any atom is 0.322 e. The van der Waals surface area contributed by atoms with E-state index in [0.717, 1.165) is 22.3 Å². The fourth-order valence-electron chi connectivity index (χ4n) is 3.59. The molecule has 1 aromatic carbocycles. The van der Waals surface area contributed by atoms with Gasteiger partial charge in [-0.15, -0.1) is 0 Å². The van der Waals surface area contributed by atoms with Crippen molar-refractivity contribution in [1.82, 2.24) is 25.3 Å². The van der Waals surface area contributed by atoms with Gasteiger partial charge in [0.05, 0.1) is 6.20 Å². The molecule has 1 spiro atoms. The number of aryl methyl sites for hydroxylation is 1. The molecule has 1 unspecified atom stereocenters. The molecule has 2 heterocycles. The number of carbonyl (C=O) groups is 3. The third kappa shape index (κ3) is 2.45. The van der Waals surface area contributed by atoms with Crippen molar-refractivity contribution in [2.24, 2.45) is 0 Å². The zero-order valence-corrected chi connectivity index (χ0v) is 14.6. The molecule has 0 saturated carbocycles. The van der Waals surface area contributed by atoms with E-state index in [4.69, 9.17) is 0 Å². The number of aromatic nitrogens is 2. The predicted octanol–water partition coefficient (Wildman–Crippen LogP) is 0.619. The number of hydrogen-bond donors (Lipinski definition) is 2. The molecule has 1 aliphatic heterocycles. The summed E-state index contributed by atoms with van der Waals surface area (Å²) in [5, 5.41) is 9.35. The molecule has 2 N–H and O–H groups in total. The first-order valence-electron chi connectivity index (χ1n) is 8.39. The van der Waals surface area contributed by atoms with Gasteiger partial charge in [0.15, 0.2) is 0 Å². The van der Waals surface area contributed by atoms with Gasteiger partial charge in [0.25, 0.3) is 5.91 Å². The van der Waals surface area contributed by atoms with E-state index in [1.54, 1.807) is 25.0 Å². The quantitative estimate of drug-likeness (QED) is 0.791. The maximum atomic E-state index is 12.2. The Kier molecular flexibility index (Phi) is 3.57. The monoisotopic (exact) mass is 353 g/mol. The fraction of sp³-hybridized carbons (Fsp3) is 0.333. The standard InChI is InChI=1S/C18H19N5O3/c1-22(2)15(24)10-23-9-13(8-19-23)11-3-4-14-12(7-11)5-6-18(14)16(25)20-17(26)21-18/h3-4,7-9H,5-6,10H2,1-2H3,(H2,20,21,25,26). The van der Waals surface area contributed by atoms with Gasteiger partial charge in [0.2, 0.25) is 5.91 Å². The van der Waals surface area contributed by atoms with Gasteiger partial charge < -0.3 is 10.2 Å².